The number of non-ortho nitro benzene ring substituents is 2. The van der Waals surface area contributed by atoms with E-state index in [4.69, 9.17) is 0 Å². The van der Waals surface area contributed by atoms with Crippen LogP contribution in [-0.4, -0.2) is 21.7 Å². The summed E-state index contributed by atoms with van der Waals surface area (Å²) < 4.78 is 0. The summed E-state index contributed by atoms with van der Waals surface area (Å²) in [6.07, 6.45) is 0. The molecule has 0 aliphatic rings. The van der Waals surface area contributed by atoms with Crippen LogP contribution in [0.25, 0.3) is 0 Å². The molecule has 0 fully saturated rings. The van der Waals surface area contributed by atoms with Crippen LogP contribution in [0.1, 0.15) is 17.3 Å². The molecule has 2 amide bonds. The molecule has 1 aromatic rings. The molecule has 19 heavy (non-hydrogen) atoms. The number of carbonyl (C=O) groups is 2. The van der Waals surface area contributed by atoms with Crippen molar-refractivity contribution in [2.75, 3.05) is 0 Å². The average molecular weight is 268 g/mol. The number of amides is 2. The van der Waals surface area contributed by atoms with E-state index < -0.39 is 33.0 Å². The molecule has 1 rings (SSSR count). The number of nitro groups is 2. The van der Waals surface area contributed by atoms with E-state index in [0.717, 1.165) is 25.1 Å². The highest BCUT2D eigenvalue weighted by molar-refractivity contribution is 5.96. The SMILES string of the molecule is CC(=O)NNC(=O)c1cc([N+](=O)[O-])cc([N+](=O)[O-])c1. The summed E-state index contributed by atoms with van der Waals surface area (Å²) in [7, 11) is 0. The van der Waals surface area contributed by atoms with E-state index in [0.29, 0.717) is 0 Å². The van der Waals surface area contributed by atoms with Crippen molar-refractivity contribution in [3.8, 4) is 0 Å². The van der Waals surface area contributed by atoms with Gasteiger partial charge in [0, 0.05) is 19.1 Å². The third-order valence-electron chi connectivity index (χ3n) is 1.94. The van der Waals surface area contributed by atoms with Crippen molar-refractivity contribution < 1.29 is 19.4 Å². The summed E-state index contributed by atoms with van der Waals surface area (Å²) in [5.74, 6) is -1.46. The summed E-state index contributed by atoms with van der Waals surface area (Å²) in [4.78, 5) is 41.6. The maximum atomic E-state index is 11.5. The Morgan fingerprint density at radius 2 is 1.47 bits per heavy atom. The minimum absolute atomic E-state index is 0.311. The van der Waals surface area contributed by atoms with Crippen LogP contribution >= 0.6 is 0 Å². The minimum Gasteiger partial charge on any atom is -0.274 e. The van der Waals surface area contributed by atoms with Crippen molar-refractivity contribution in [1.82, 2.24) is 10.9 Å². The van der Waals surface area contributed by atoms with E-state index in [1.165, 1.54) is 0 Å². The maximum absolute atomic E-state index is 11.5. The van der Waals surface area contributed by atoms with Crippen LogP contribution in [0.5, 0.6) is 0 Å². The van der Waals surface area contributed by atoms with Crippen LogP contribution in [0.3, 0.4) is 0 Å². The molecule has 1 aromatic carbocycles. The zero-order chi connectivity index (χ0) is 14.6. The molecule has 0 heterocycles. The van der Waals surface area contributed by atoms with Crippen molar-refractivity contribution in [3.05, 3.63) is 44.0 Å². The Hall–Kier alpha value is -3.04. The quantitative estimate of drug-likeness (QED) is 0.595. The van der Waals surface area contributed by atoms with Gasteiger partial charge in [-0.05, 0) is 0 Å². The lowest BCUT2D eigenvalue weighted by molar-refractivity contribution is -0.394. The highest BCUT2D eigenvalue weighted by atomic mass is 16.6. The topological polar surface area (TPSA) is 144 Å². The monoisotopic (exact) mass is 268 g/mol. The second-order valence-electron chi connectivity index (χ2n) is 3.39. The first-order valence-corrected chi connectivity index (χ1v) is 4.82. The number of benzene rings is 1. The normalized spacial score (nSPS) is 9.53. The first kappa shape index (κ1) is 14.0. The lowest BCUT2D eigenvalue weighted by atomic mass is 10.1. The molecule has 10 heteroatoms. The molecule has 0 saturated heterocycles. The van der Waals surface area contributed by atoms with E-state index >= 15 is 0 Å². The first-order valence-electron chi connectivity index (χ1n) is 4.82. The molecule has 100 valence electrons. The molecule has 0 atom stereocenters. The lowest BCUT2D eigenvalue weighted by Crippen LogP contribution is -2.40. The zero-order valence-electron chi connectivity index (χ0n) is 9.58. The number of hydrogen-bond donors (Lipinski definition) is 2. The number of carbonyl (C=O) groups excluding carboxylic acids is 2. The molecule has 0 aliphatic heterocycles. The van der Waals surface area contributed by atoms with Gasteiger partial charge in [-0.2, -0.15) is 0 Å². The number of rotatable bonds is 3. The van der Waals surface area contributed by atoms with E-state index in [-0.39, 0.29) is 5.56 Å². The van der Waals surface area contributed by atoms with Crippen LogP contribution in [-0.2, 0) is 4.79 Å². The Morgan fingerprint density at radius 3 is 1.84 bits per heavy atom. The Morgan fingerprint density at radius 1 is 1.00 bits per heavy atom. The number of hydrazine groups is 1. The summed E-state index contributed by atoms with van der Waals surface area (Å²) in [5.41, 5.74) is 2.41. The third kappa shape index (κ3) is 3.73. The lowest BCUT2D eigenvalue weighted by Gasteiger charge is -2.04. The van der Waals surface area contributed by atoms with Crippen LogP contribution in [0.2, 0.25) is 0 Å². The highest BCUT2D eigenvalue weighted by Gasteiger charge is 2.19. The molecular weight excluding hydrogens is 260 g/mol. The maximum Gasteiger partial charge on any atom is 0.277 e. The van der Waals surface area contributed by atoms with E-state index in [1.54, 1.807) is 0 Å². The van der Waals surface area contributed by atoms with Gasteiger partial charge in [-0.1, -0.05) is 0 Å². The van der Waals surface area contributed by atoms with E-state index in [9.17, 15) is 29.8 Å². The van der Waals surface area contributed by atoms with Gasteiger partial charge in [0.2, 0.25) is 5.91 Å². The van der Waals surface area contributed by atoms with Gasteiger partial charge >= 0.3 is 0 Å². The summed E-state index contributed by atoms with van der Waals surface area (Å²) in [5, 5.41) is 21.2. The van der Waals surface area contributed by atoms with Gasteiger partial charge < -0.3 is 0 Å². The van der Waals surface area contributed by atoms with Crippen molar-refractivity contribution in [2.45, 2.75) is 6.92 Å². The fourth-order valence-corrected chi connectivity index (χ4v) is 1.15. The average Bonchev–Trinajstić information content (AvgIpc) is 2.35. The van der Waals surface area contributed by atoms with Gasteiger partial charge in [0.1, 0.15) is 0 Å². The number of nitro benzene ring substituents is 2. The van der Waals surface area contributed by atoms with Crippen molar-refractivity contribution in [3.63, 3.8) is 0 Å². The van der Waals surface area contributed by atoms with Gasteiger partial charge in [0.05, 0.1) is 21.5 Å². The summed E-state index contributed by atoms with van der Waals surface area (Å²) in [6.45, 7) is 1.14. The van der Waals surface area contributed by atoms with Crippen LogP contribution in [0, 0.1) is 20.2 Å². The molecule has 0 bridgehead atoms. The van der Waals surface area contributed by atoms with Crippen molar-refractivity contribution in [1.29, 1.82) is 0 Å². The van der Waals surface area contributed by atoms with Gasteiger partial charge in [-0.3, -0.25) is 40.7 Å². The minimum atomic E-state index is -0.901. The van der Waals surface area contributed by atoms with Crippen LogP contribution in [0.4, 0.5) is 11.4 Å². The Labute approximate surface area is 105 Å². The smallest absolute Gasteiger partial charge is 0.274 e. The molecule has 2 N–H and O–H groups in total. The summed E-state index contributed by atoms with van der Waals surface area (Å²) >= 11 is 0. The zero-order valence-corrected chi connectivity index (χ0v) is 9.58. The molecular formula is C9H8N4O6. The van der Waals surface area contributed by atoms with Crippen molar-refractivity contribution >= 4 is 23.2 Å². The third-order valence-corrected chi connectivity index (χ3v) is 1.94. The second-order valence-corrected chi connectivity index (χ2v) is 3.39. The van der Waals surface area contributed by atoms with Crippen molar-refractivity contribution in [2.24, 2.45) is 0 Å². The number of hydrogen-bond acceptors (Lipinski definition) is 6. The van der Waals surface area contributed by atoms with Crippen LogP contribution < -0.4 is 10.9 Å². The predicted molar refractivity (Wildman–Crippen MR) is 61.0 cm³/mol. The van der Waals surface area contributed by atoms with Gasteiger partial charge in [0.25, 0.3) is 17.3 Å². The second kappa shape index (κ2) is 5.53. The Bertz CT molecular complexity index is 538. The van der Waals surface area contributed by atoms with Gasteiger partial charge in [0.15, 0.2) is 0 Å². The molecule has 0 saturated carbocycles. The molecule has 10 nitrogen and oxygen atoms in total. The molecule has 0 aromatic heterocycles. The molecule has 0 radical (unpaired) electrons. The number of nitrogens with zero attached hydrogens (tertiary/aromatic N) is 2. The largest absolute Gasteiger partial charge is 0.277 e. The fraction of sp³-hybridized carbons (Fsp3) is 0.111. The van der Waals surface area contributed by atoms with Gasteiger partial charge in [-0.25, -0.2) is 0 Å². The molecule has 0 unspecified atom stereocenters. The standard InChI is InChI=1S/C9H8N4O6/c1-5(14)10-11-9(15)6-2-7(12(16)17)4-8(3-6)13(18)19/h2-4H,1H3,(H,10,14)(H,11,15). The van der Waals surface area contributed by atoms with Crippen LogP contribution in [0.15, 0.2) is 18.2 Å². The molecule has 0 spiro atoms. The van der Waals surface area contributed by atoms with Gasteiger partial charge in [-0.15, -0.1) is 0 Å². The summed E-state index contributed by atoms with van der Waals surface area (Å²) in [6, 6.07) is 2.46. The molecule has 0 aliphatic carbocycles. The first-order chi connectivity index (χ1) is 8.81. The van der Waals surface area contributed by atoms with E-state index in [1.807, 2.05) is 10.9 Å². The Kier molecular flexibility index (Phi) is 4.08. The number of nitrogens with one attached hydrogen (secondary N) is 2. The fourth-order valence-electron chi connectivity index (χ4n) is 1.15. The van der Waals surface area contributed by atoms with E-state index in [2.05, 4.69) is 0 Å². The Balaban J connectivity index is 3.12. The predicted octanol–water partition coefficient (Wildman–Crippen LogP) is 0.284. The highest BCUT2D eigenvalue weighted by Crippen LogP contribution is 2.22.